The summed E-state index contributed by atoms with van der Waals surface area (Å²) in [5.74, 6) is 0. The number of thioether (sulfide) groups is 1. The van der Waals surface area contributed by atoms with Gasteiger partial charge in [0.1, 0.15) is 6.33 Å². The Morgan fingerprint density at radius 2 is 1.96 bits per heavy atom. The first-order chi connectivity index (χ1) is 13.5. The third-order valence-corrected chi connectivity index (χ3v) is 5.20. The summed E-state index contributed by atoms with van der Waals surface area (Å²) >= 11 is 1.82. The van der Waals surface area contributed by atoms with Crippen molar-refractivity contribution in [3.05, 3.63) is 77.2 Å². The van der Waals surface area contributed by atoms with Crippen molar-refractivity contribution in [2.45, 2.75) is 30.5 Å². The van der Waals surface area contributed by atoms with E-state index in [9.17, 15) is 9.18 Å². The largest absolute Gasteiger partial charge is 0.350 e. The second kappa shape index (κ2) is 9.03. The molecule has 7 heteroatoms. The standard InChI is InChI=1S/C21H23FN4OS/c1-15(2)28-20-8-6-17(7-9-20)18-4-3-5-19(10-18)25-14-24-26(21(25)27)13-16(11-22)12-23/h3-11,14-15H,12-13,23H2,1-2H3/b16-11+. The van der Waals surface area contributed by atoms with Crippen molar-refractivity contribution in [1.82, 2.24) is 14.3 Å². The van der Waals surface area contributed by atoms with Gasteiger partial charge < -0.3 is 5.73 Å². The predicted octanol–water partition coefficient (Wildman–Crippen LogP) is 4.01. The van der Waals surface area contributed by atoms with E-state index in [1.807, 2.05) is 36.0 Å². The van der Waals surface area contributed by atoms with E-state index < -0.39 is 0 Å². The van der Waals surface area contributed by atoms with E-state index >= 15 is 0 Å². The quantitative estimate of drug-likeness (QED) is 0.611. The molecule has 0 fully saturated rings. The number of nitrogens with two attached hydrogens (primary N) is 1. The van der Waals surface area contributed by atoms with Crippen LogP contribution in [0.1, 0.15) is 13.8 Å². The molecule has 28 heavy (non-hydrogen) atoms. The highest BCUT2D eigenvalue weighted by Gasteiger charge is 2.10. The molecule has 0 saturated carbocycles. The fraction of sp³-hybridized carbons (Fsp3) is 0.238. The van der Waals surface area contributed by atoms with Crippen molar-refractivity contribution in [2.75, 3.05) is 6.54 Å². The summed E-state index contributed by atoms with van der Waals surface area (Å²) < 4.78 is 15.4. The van der Waals surface area contributed by atoms with Crippen LogP contribution in [0.25, 0.3) is 16.8 Å². The molecule has 0 radical (unpaired) electrons. The fourth-order valence-corrected chi connectivity index (χ4v) is 3.63. The highest BCUT2D eigenvalue weighted by Crippen LogP contribution is 2.27. The Morgan fingerprint density at radius 3 is 2.61 bits per heavy atom. The molecular weight excluding hydrogens is 375 g/mol. The molecule has 0 amide bonds. The van der Waals surface area contributed by atoms with Gasteiger partial charge in [-0.05, 0) is 41.0 Å². The Labute approximate surface area is 167 Å². The van der Waals surface area contributed by atoms with Crippen molar-refractivity contribution in [3.8, 4) is 16.8 Å². The lowest BCUT2D eigenvalue weighted by Gasteiger charge is -2.08. The zero-order chi connectivity index (χ0) is 20.1. The third kappa shape index (κ3) is 4.61. The van der Waals surface area contributed by atoms with Gasteiger partial charge in [0.2, 0.25) is 0 Å². The van der Waals surface area contributed by atoms with Gasteiger partial charge in [-0.25, -0.2) is 18.4 Å². The Bertz CT molecular complexity index is 1020. The van der Waals surface area contributed by atoms with Crippen LogP contribution in [0.4, 0.5) is 4.39 Å². The number of hydrogen-bond donors (Lipinski definition) is 1. The van der Waals surface area contributed by atoms with Crippen molar-refractivity contribution in [2.24, 2.45) is 5.73 Å². The van der Waals surface area contributed by atoms with Gasteiger partial charge in [-0.2, -0.15) is 5.10 Å². The van der Waals surface area contributed by atoms with E-state index in [1.54, 1.807) is 0 Å². The first-order valence-corrected chi connectivity index (χ1v) is 9.90. The topological polar surface area (TPSA) is 65.8 Å². The van der Waals surface area contributed by atoms with Gasteiger partial charge in [0.15, 0.2) is 0 Å². The van der Waals surface area contributed by atoms with Gasteiger partial charge in [0.25, 0.3) is 0 Å². The molecule has 0 aliphatic rings. The van der Waals surface area contributed by atoms with Crippen LogP contribution in [-0.2, 0) is 6.54 Å². The zero-order valence-electron chi connectivity index (χ0n) is 15.9. The molecule has 0 aliphatic heterocycles. The minimum Gasteiger partial charge on any atom is -0.327 e. The zero-order valence-corrected chi connectivity index (χ0v) is 16.7. The van der Waals surface area contributed by atoms with Crippen LogP contribution in [0.5, 0.6) is 0 Å². The van der Waals surface area contributed by atoms with E-state index in [-0.39, 0.29) is 18.8 Å². The minimum atomic E-state index is -0.339. The maximum absolute atomic E-state index is 12.8. The molecule has 1 heterocycles. The van der Waals surface area contributed by atoms with Gasteiger partial charge in [0, 0.05) is 16.7 Å². The van der Waals surface area contributed by atoms with E-state index in [2.05, 4.69) is 43.2 Å². The first-order valence-electron chi connectivity index (χ1n) is 9.02. The molecule has 3 rings (SSSR count). The summed E-state index contributed by atoms with van der Waals surface area (Å²) in [5.41, 5.74) is 8.20. The third-order valence-electron chi connectivity index (χ3n) is 4.19. The van der Waals surface area contributed by atoms with Gasteiger partial charge in [-0.1, -0.05) is 38.1 Å². The van der Waals surface area contributed by atoms with E-state index in [0.29, 0.717) is 22.8 Å². The molecule has 146 valence electrons. The highest BCUT2D eigenvalue weighted by molar-refractivity contribution is 7.99. The lowest BCUT2D eigenvalue weighted by Crippen LogP contribution is -2.25. The molecule has 0 atom stereocenters. The number of hydrogen-bond acceptors (Lipinski definition) is 4. The lowest BCUT2D eigenvalue weighted by atomic mass is 10.1. The van der Waals surface area contributed by atoms with Crippen LogP contribution in [0.3, 0.4) is 0 Å². The summed E-state index contributed by atoms with van der Waals surface area (Å²) in [7, 11) is 0. The maximum Gasteiger partial charge on any atom is 0.350 e. The average molecular weight is 399 g/mol. The summed E-state index contributed by atoms with van der Waals surface area (Å²) in [6, 6.07) is 16.1. The number of nitrogens with zero attached hydrogens (tertiary/aromatic N) is 3. The predicted molar refractivity (Wildman–Crippen MR) is 112 cm³/mol. The van der Waals surface area contributed by atoms with Gasteiger partial charge in [0.05, 0.1) is 18.6 Å². The van der Waals surface area contributed by atoms with Crippen molar-refractivity contribution < 1.29 is 4.39 Å². The lowest BCUT2D eigenvalue weighted by molar-refractivity contribution is 0.612. The van der Waals surface area contributed by atoms with Crippen molar-refractivity contribution in [3.63, 3.8) is 0 Å². The number of rotatable bonds is 7. The van der Waals surface area contributed by atoms with Gasteiger partial charge >= 0.3 is 5.69 Å². The molecule has 1 aromatic heterocycles. The normalized spacial score (nSPS) is 12.0. The van der Waals surface area contributed by atoms with Crippen molar-refractivity contribution >= 4 is 11.8 Å². The Balaban J connectivity index is 1.88. The molecule has 0 unspecified atom stereocenters. The Morgan fingerprint density at radius 1 is 1.21 bits per heavy atom. The summed E-state index contributed by atoms with van der Waals surface area (Å²) in [6.45, 7) is 4.41. The van der Waals surface area contributed by atoms with Gasteiger partial charge in [-0.15, -0.1) is 11.8 Å². The summed E-state index contributed by atoms with van der Waals surface area (Å²) in [5, 5.41) is 4.60. The molecule has 2 aromatic carbocycles. The Kier molecular flexibility index (Phi) is 6.49. The molecule has 3 aromatic rings. The van der Waals surface area contributed by atoms with Gasteiger partial charge in [-0.3, -0.25) is 0 Å². The number of halogens is 1. The van der Waals surface area contributed by atoms with E-state index in [4.69, 9.17) is 5.73 Å². The second-order valence-electron chi connectivity index (χ2n) is 6.65. The summed E-state index contributed by atoms with van der Waals surface area (Å²) in [6.07, 6.45) is 1.86. The maximum atomic E-state index is 12.8. The van der Waals surface area contributed by atoms with Crippen LogP contribution in [-0.4, -0.2) is 26.1 Å². The van der Waals surface area contributed by atoms with E-state index in [0.717, 1.165) is 11.1 Å². The molecule has 0 aliphatic carbocycles. The fourth-order valence-electron chi connectivity index (χ4n) is 2.79. The van der Waals surface area contributed by atoms with Crippen LogP contribution < -0.4 is 11.4 Å². The van der Waals surface area contributed by atoms with E-state index in [1.165, 1.54) is 20.5 Å². The molecular formula is C21H23FN4OS. The van der Waals surface area contributed by atoms with Crippen LogP contribution in [0, 0.1) is 0 Å². The molecule has 5 nitrogen and oxygen atoms in total. The Hall–Kier alpha value is -2.64. The number of aromatic nitrogens is 3. The molecule has 2 N–H and O–H groups in total. The van der Waals surface area contributed by atoms with Crippen molar-refractivity contribution in [1.29, 1.82) is 0 Å². The smallest absolute Gasteiger partial charge is 0.327 e. The molecule has 0 saturated heterocycles. The average Bonchev–Trinajstić information content (AvgIpc) is 3.06. The van der Waals surface area contributed by atoms with Crippen LogP contribution in [0.15, 0.2) is 76.5 Å². The highest BCUT2D eigenvalue weighted by atomic mass is 32.2. The first kappa shape index (κ1) is 20.1. The van der Waals surface area contributed by atoms with Crippen LogP contribution >= 0.6 is 11.8 Å². The number of benzene rings is 2. The monoisotopic (exact) mass is 398 g/mol. The summed E-state index contributed by atoms with van der Waals surface area (Å²) in [4.78, 5) is 13.8. The second-order valence-corrected chi connectivity index (χ2v) is 8.30. The SMILES string of the molecule is CC(C)Sc1ccc(-c2cccc(-n3cnn(C/C(=C/F)CN)c3=O)c2)cc1. The molecule has 0 spiro atoms. The van der Waals surface area contributed by atoms with Crippen LogP contribution in [0.2, 0.25) is 0 Å². The molecule has 0 bridgehead atoms. The minimum absolute atomic E-state index is 0.0352.